The SMILES string of the molecule is C[C@@H]1CC2CCC[C@@H](C2)C1=O. The van der Waals surface area contributed by atoms with E-state index in [1.165, 1.54) is 32.1 Å². The highest BCUT2D eigenvalue weighted by molar-refractivity contribution is 5.84. The van der Waals surface area contributed by atoms with Crippen LogP contribution in [-0.2, 0) is 4.79 Å². The maximum absolute atomic E-state index is 11.5. The normalized spacial score (nSPS) is 44.1. The van der Waals surface area contributed by atoms with Crippen LogP contribution in [0.4, 0.5) is 0 Å². The maximum Gasteiger partial charge on any atom is 0.138 e. The van der Waals surface area contributed by atoms with Crippen molar-refractivity contribution < 1.29 is 4.79 Å². The fourth-order valence-electron chi connectivity index (χ4n) is 2.78. The smallest absolute Gasteiger partial charge is 0.138 e. The Hall–Kier alpha value is -0.330. The molecule has 0 amide bonds. The molecule has 2 fully saturated rings. The van der Waals surface area contributed by atoms with E-state index in [9.17, 15) is 4.79 Å². The number of hydrogen-bond acceptors (Lipinski definition) is 1. The first-order valence-corrected chi connectivity index (χ1v) is 4.81. The Bertz CT molecular complexity index is 172. The van der Waals surface area contributed by atoms with Crippen molar-refractivity contribution in [3.8, 4) is 0 Å². The summed E-state index contributed by atoms with van der Waals surface area (Å²) in [5.41, 5.74) is 0. The largest absolute Gasteiger partial charge is 0.299 e. The van der Waals surface area contributed by atoms with E-state index in [0.717, 1.165) is 5.92 Å². The third-order valence-corrected chi connectivity index (χ3v) is 3.36. The van der Waals surface area contributed by atoms with E-state index >= 15 is 0 Å². The Balaban J connectivity index is 2.11. The molecule has 0 aromatic carbocycles. The van der Waals surface area contributed by atoms with Crippen LogP contribution in [0, 0.1) is 17.8 Å². The molecule has 2 aliphatic rings. The number of ketones is 1. The fourth-order valence-corrected chi connectivity index (χ4v) is 2.78. The molecular formula is C10H16O. The van der Waals surface area contributed by atoms with Gasteiger partial charge in [-0.1, -0.05) is 19.8 Å². The molecule has 0 N–H and O–H groups in total. The topological polar surface area (TPSA) is 17.1 Å². The lowest BCUT2D eigenvalue weighted by atomic mass is 9.68. The zero-order chi connectivity index (χ0) is 7.84. The molecule has 62 valence electrons. The Morgan fingerprint density at radius 1 is 1.27 bits per heavy atom. The van der Waals surface area contributed by atoms with Crippen LogP contribution in [0.2, 0.25) is 0 Å². The third-order valence-electron chi connectivity index (χ3n) is 3.36. The second-order valence-electron chi connectivity index (χ2n) is 4.27. The number of carbonyl (C=O) groups excluding carboxylic acids is 1. The molecule has 0 saturated heterocycles. The second-order valence-corrected chi connectivity index (χ2v) is 4.27. The van der Waals surface area contributed by atoms with Gasteiger partial charge in [-0.2, -0.15) is 0 Å². The van der Waals surface area contributed by atoms with Gasteiger partial charge in [0.1, 0.15) is 5.78 Å². The second kappa shape index (κ2) is 2.62. The molecule has 0 radical (unpaired) electrons. The minimum atomic E-state index is 0.374. The molecule has 1 heteroatoms. The summed E-state index contributed by atoms with van der Waals surface area (Å²) in [6.45, 7) is 2.10. The van der Waals surface area contributed by atoms with Crippen molar-refractivity contribution in [3.05, 3.63) is 0 Å². The van der Waals surface area contributed by atoms with E-state index in [1.807, 2.05) is 0 Å². The molecule has 0 heterocycles. The van der Waals surface area contributed by atoms with Gasteiger partial charge in [0.2, 0.25) is 0 Å². The molecule has 0 aliphatic heterocycles. The Morgan fingerprint density at radius 2 is 2.09 bits per heavy atom. The molecule has 2 rings (SSSR count). The van der Waals surface area contributed by atoms with Crippen molar-refractivity contribution in [1.82, 2.24) is 0 Å². The molecule has 2 aliphatic carbocycles. The Kier molecular flexibility index (Phi) is 1.74. The van der Waals surface area contributed by atoms with Crippen molar-refractivity contribution in [1.29, 1.82) is 0 Å². The van der Waals surface area contributed by atoms with Gasteiger partial charge in [-0.3, -0.25) is 4.79 Å². The van der Waals surface area contributed by atoms with Gasteiger partial charge in [-0.25, -0.2) is 0 Å². The first kappa shape index (κ1) is 7.33. The predicted molar refractivity (Wildman–Crippen MR) is 44.2 cm³/mol. The van der Waals surface area contributed by atoms with E-state index in [2.05, 4.69) is 6.92 Å². The summed E-state index contributed by atoms with van der Waals surface area (Å²) in [6.07, 6.45) is 6.25. The van der Waals surface area contributed by atoms with E-state index in [1.54, 1.807) is 0 Å². The van der Waals surface area contributed by atoms with Gasteiger partial charge >= 0.3 is 0 Å². The van der Waals surface area contributed by atoms with Crippen molar-refractivity contribution >= 4 is 5.78 Å². The summed E-state index contributed by atoms with van der Waals surface area (Å²) < 4.78 is 0. The zero-order valence-electron chi connectivity index (χ0n) is 7.18. The summed E-state index contributed by atoms with van der Waals surface area (Å²) in [7, 11) is 0. The number of fused-ring (bicyclic) bond motifs is 2. The van der Waals surface area contributed by atoms with E-state index < -0.39 is 0 Å². The van der Waals surface area contributed by atoms with Crippen molar-refractivity contribution in [2.24, 2.45) is 17.8 Å². The molecule has 1 unspecified atom stereocenters. The molecule has 3 atom stereocenters. The van der Waals surface area contributed by atoms with E-state index in [0.29, 0.717) is 17.6 Å². The first-order chi connectivity index (χ1) is 5.27. The summed E-state index contributed by atoms with van der Waals surface area (Å²) in [5.74, 6) is 2.28. The van der Waals surface area contributed by atoms with Crippen LogP contribution >= 0.6 is 0 Å². The van der Waals surface area contributed by atoms with Crippen LogP contribution in [0.3, 0.4) is 0 Å². The van der Waals surface area contributed by atoms with Crippen LogP contribution in [0.5, 0.6) is 0 Å². The van der Waals surface area contributed by atoms with Crippen LogP contribution in [0.25, 0.3) is 0 Å². The molecule has 2 saturated carbocycles. The molecule has 1 nitrogen and oxygen atoms in total. The first-order valence-electron chi connectivity index (χ1n) is 4.81. The minimum Gasteiger partial charge on any atom is -0.299 e. The average molecular weight is 152 g/mol. The lowest BCUT2D eigenvalue weighted by Crippen LogP contribution is -2.34. The van der Waals surface area contributed by atoms with Crippen molar-refractivity contribution in [3.63, 3.8) is 0 Å². The van der Waals surface area contributed by atoms with Crippen molar-refractivity contribution in [2.45, 2.75) is 39.0 Å². The predicted octanol–water partition coefficient (Wildman–Crippen LogP) is 2.40. The van der Waals surface area contributed by atoms with Crippen LogP contribution in [-0.4, -0.2) is 5.78 Å². The van der Waals surface area contributed by atoms with Crippen LogP contribution < -0.4 is 0 Å². The number of carbonyl (C=O) groups is 1. The molecule has 11 heavy (non-hydrogen) atoms. The lowest BCUT2D eigenvalue weighted by molar-refractivity contribution is -0.131. The van der Waals surface area contributed by atoms with Gasteiger partial charge in [0, 0.05) is 11.8 Å². The molecule has 0 aromatic rings. The maximum atomic E-state index is 11.5. The summed E-state index contributed by atoms with van der Waals surface area (Å²) in [5, 5.41) is 0. The highest BCUT2D eigenvalue weighted by Gasteiger charge is 2.35. The average Bonchev–Trinajstić information content (AvgIpc) is 2.01. The quantitative estimate of drug-likeness (QED) is 0.521. The molecule has 0 aromatic heterocycles. The summed E-state index contributed by atoms with van der Waals surface area (Å²) in [6, 6.07) is 0. The number of rotatable bonds is 0. The van der Waals surface area contributed by atoms with E-state index in [-0.39, 0.29) is 0 Å². The van der Waals surface area contributed by atoms with Gasteiger partial charge in [0.15, 0.2) is 0 Å². The van der Waals surface area contributed by atoms with Crippen LogP contribution in [0.15, 0.2) is 0 Å². The Labute approximate surface area is 68.2 Å². The van der Waals surface area contributed by atoms with Gasteiger partial charge in [0.25, 0.3) is 0 Å². The van der Waals surface area contributed by atoms with Gasteiger partial charge in [-0.15, -0.1) is 0 Å². The molecule has 2 bridgehead atoms. The number of hydrogen-bond donors (Lipinski definition) is 0. The van der Waals surface area contributed by atoms with Gasteiger partial charge < -0.3 is 0 Å². The fraction of sp³-hybridized carbons (Fsp3) is 0.900. The third kappa shape index (κ3) is 1.21. The highest BCUT2D eigenvalue weighted by Crippen LogP contribution is 2.39. The lowest BCUT2D eigenvalue weighted by Gasteiger charge is -2.36. The highest BCUT2D eigenvalue weighted by atomic mass is 16.1. The summed E-state index contributed by atoms with van der Waals surface area (Å²) >= 11 is 0. The standard InChI is InChI=1S/C10H16O/c1-7-5-8-3-2-4-9(6-8)10(7)11/h7-9H,2-6H2,1H3/t7-,8?,9+/m1/s1. The monoisotopic (exact) mass is 152 g/mol. The minimum absolute atomic E-state index is 0.374. The molecule has 0 spiro atoms. The van der Waals surface area contributed by atoms with Gasteiger partial charge in [0.05, 0.1) is 0 Å². The molecular weight excluding hydrogens is 136 g/mol. The van der Waals surface area contributed by atoms with Crippen molar-refractivity contribution in [2.75, 3.05) is 0 Å². The number of Topliss-reactive ketones (excluding diaryl/α,β-unsaturated/α-hetero) is 1. The van der Waals surface area contributed by atoms with Crippen LogP contribution in [0.1, 0.15) is 39.0 Å². The zero-order valence-corrected chi connectivity index (χ0v) is 7.18. The Morgan fingerprint density at radius 3 is 2.91 bits per heavy atom. The van der Waals surface area contributed by atoms with Gasteiger partial charge in [-0.05, 0) is 25.2 Å². The summed E-state index contributed by atoms with van der Waals surface area (Å²) in [4.78, 5) is 11.5. The van der Waals surface area contributed by atoms with E-state index in [4.69, 9.17) is 0 Å².